The number of phenols is 2. The number of aromatic carboxylic acids is 1. The quantitative estimate of drug-likeness (QED) is 0.0765. The van der Waals surface area contributed by atoms with Crippen molar-refractivity contribution in [3.63, 3.8) is 0 Å². The number of amides is 5. The molecule has 21 nitrogen and oxygen atoms in total. The van der Waals surface area contributed by atoms with Crippen molar-refractivity contribution in [3.05, 3.63) is 57.6 Å². The zero-order valence-electron chi connectivity index (χ0n) is 29.8. The lowest BCUT2D eigenvalue weighted by Crippen LogP contribution is -2.60. The summed E-state index contributed by atoms with van der Waals surface area (Å²) in [6.45, 7) is 3.86. The fourth-order valence-electron chi connectivity index (χ4n) is 5.04. The van der Waals surface area contributed by atoms with E-state index in [1.165, 1.54) is 39.0 Å². The van der Waals surface area contributed by atoms with E-state index in [9.17, 15) is 49.1 Å². The summed E-state index contributed by atoms with van der Waals surface area (Å²) in [5.41, 5.74) is 4.47. The van der Waals surface area contributed by atoms with Crippen LogP contribution in [0, 0.1) is 10.1 Å². The van der Waals surface area contributed by atoms with Gasteiger partial charge in [0.15, 0.2) is 5.75 Å². The molecule has 290 valence electrons. The molecule has 2 heterocycles. The fraction of sp³-hybridized carbons (Fsp3) is 0.438. The van der Waals surface area contributed by atoms with E-state index in [2.05, 4.69) is 5.32 Å². The molecule has 2 saturated heterocycles. The third-order valence-electron chi connectivity index (χ3n) is 7.72. The van der Waals surface area contributed by atoms with E-state index < -0.39 is 51.9 Å². The number of aliphatic carboxylic acids is 1. The molecule has 5 amide bonds. The summed E-state index contributed by atoms with van der Waals surface area (Å²) < 4.78 is 4.92. The summed E-state index contributed by atoms with van der Waals surface area (Å²) in [5, 5.41) is 50.3. The fourth-order valence-corrected chi connectivity index (χ4v) is 5.04. The second-order valence-corrected chi connectivity index (χ2v) is 11.8. The number of nitrogens with two attached hydrogens (primary N) is 1. The molecular weight excluding hydrogens is 704 g/mol. The highest BCUT2D eigenvalue weighted by atomic mass is 16.6. The van der Waals surface area contributed by atoms with Gasteiger partial charge < -0.3 is 60.7 Å². The van der Waals surface area contributed by atoms with Gasteiger partial charge in [0, 0.05) is 67.0 Å². The van der Waals surface area contributed by atoms with Crippen LogP contribution in [0.25, 0.3) is 0 Å². The molecule has 2 aromatic carbocycles. The predicted molar refractivity (Wildman–Crippen MR) is 186 cm³/mol. The zero-order valence-corrected chi connectivity index (χ0v) is 29.8. The first-order chi connectivity index (χ1) is 24.8. The standard InChI is InChI=1S/C15H20N4O5.C10H19N3O3.C7H5NO5/c1-17(2)15(24)18-6-7-19(11(8-18)14(22)23)13(21)9-4-3-5-10(16)12(9)20;1-4-16-9(14)8-7-13(6-5-11-8)10(15)12(2)3;9-6-4(7(10)11)2-1-3-5(6)8(12)13/h3-5,11,20H,6-8,16H2,1-2H3,(H,22,23);8,11H,4-7H2,1-3H3;1-3,9H,(H,10,11). The lowest BCUT2D eigenvalue weighted by Gasteiger charge is -2.40. The molecule has 0 saturated carbocycles. The summed E-state index contributed by atoms with van der Waals surface area (Å²) in [6, 6.07) is 5.64. The number of nitro benzene ring substituents is 1. The molecule has 0 aliphatic carbocycles. The first kappa shape index (κ1) is 42.8. The SMILES string of the molecule is CCOC(=O)C1CN(C(=O)N(C)C)CCN1.CN(C)C(=O)N1CCN(C(=O)c2cccc(N)c2O)C(C(=O)O)C1.O=C(O)c1cccc([N+](=O)[O-])c1O. The van der Waals surface area contributed by atoms with Gasteiger partial charge in [0.05, 0.1) is 29.3 Å². The van der Waals surface area contributed by atoms with Crippen LogP contribution < -0.4 is 11.1 Å². The summed E-state index contributed by atoms with van der Waals surface area (Å²) in [7, 11) is 6.54. The van der Waals surface area contributed by atoms with Crippen molar-refractivity contribution in [1.82, 2.24) is 29.8 Å². The minimum absolute atomic E-state index is 0.0362. The van der Waals surface area contributed by atoms with Gasteiger partial charge >= 0.3 is 35.7 Å². The Kier molecular flexibility index (Phi) is 15.6. The maximum atomic E-state index is 12.6. The summed E-state index contributed by atoms with van der Waals surface area (Å²) >= 11 is 0. The Hall–Kier alpha value is -6.38. The van der Waals surface area contributed by atoms with Crippen LogP contribution in [0.2, 0.25) is 0 Å². The Bertz CT molecular complexity index is 1650. The maximum Gasteiger partial charge on any atom is 0.339 e. The minimum atomic E-state index is -1.40. The molecular formula is C32H44N8O13. The number of nitro groups is 1. The van der Waals surface area contributed by atoms with Gasteiger partial charge in [-0.15, -0.1) is 0 Å². The third kappa shape index (κ3) is 11.3. The number of rotatable bonds is 6. The average Bonchev–Trinajstić information content (AvgIpc) is 3.12. The van der Waals surface area contributed by atoms with Crippen molar-refractivity contribution < 1.29 is 58.9 Å². The number of nitrogens with zero attached hydrogens (tertiary/aromatic N) is 6. The molecule has 2 aromatic rings. The van der Waals surface area contributed by atoms with E-state index in [0.717, 1.165) is 17.0 Å². The number of ether oxygens (including phenoxy) is 1. The number of phenolic OH excluding ortho intramolecular Hbond substituents is 1. The summed E-state index contributed by atoms with van der Waals surface area (Å²) in [5.74, 6) is -4.74. The zero-order chi connectivity index (χ0) is 40.2. The number of urea groups is 2. The maximum absolute atomic E-state index is 12.6. The molecule has 0 aromatic heterocycles. The second kappa shape index (κ2) is 19.3. The number of nitrogens with one attached hydrogen (secondary N) is 1. The predicted octanol–water partition coefficient (Wildman–Crippen LogP) is 0.371. The molecule has 2 atom stereocenters. The van der Waals surface area contributed by atoms with Gasteiger partial charge in [0.1, 0.15) is 17.6 Å². The Labute approximate surface area is 303 Å². The van der Waals surface area contributed by atoms with Crippen LogP contribution in [-0.4, -0.2) is 172 Å². The topological polar surface area (TPSA) is 290 Å². The summed E-state index contributed by atoms with van der Waals surface area (Å²) in [6.07, 6.45) is 0. The van der Waals surface area contributed by atoms with Crippen LogP contribution in [0.3, 0.4) is 0 Å². The minimum Gasteiger partial charge on any atom is -0.505 e. The highest BCUT2D eigenvalue weighted by Crippen LogP contribution is 2.29. The number of esters is 1. The normalized spacial score (nSPS) is 16.4. The van der Waals surface area contributed by atoms with E-state index in [1.807, 2.05) is 0 Å². The van der Waals surface area contributed by atoms with Gasteiger partial charge in [-0.3, -0.25) is 19.7 Å². The number of para-hydroxylation sites is 2. The molecule has 0 radical (unpaired) electrons. The van der Waals surface area contributed by atoms with Crippen LogP contribution in [-0.2, 0) is 14.3 Å². The van der Waals surface area contributed by atoms with Gasteiger partial charge in [0.2, 0.25) is 5.75 Å². The van der Waals surface area contributed by atoms with Crippen LogP contribution in [0.5, 0.6) is 11.5 Å². The molecule has 0 spiro atoms. The van der Waals surface area contributed by atoms with Crippen molar-refractivity contribution in [2.75, 3.05) is 79.8 Å². The van der Waals surface area contributed by atoms with Crippen molar-refractivity contribution in [2.45, 2.75) is 19.0 Å². The Balaban J connectivity index is 0.000000292. The summed E-state index contributed by atoms with van der Waals surface area (Å²) in [4.78, 5) is 86.2. The number of nitrogen functional groups attached to an aromatic ring is 1. The third-order valence-corrected chi connectivity index (χ3v) is 7.72. The number of hydrogen-bond donors (Lipinski definition) is 6. The molecule has 7 N–H and O–H groups in total. The van der Waals surface area contributed by atoms with Crippen LogP contribution in [0.1, 0.15) is 27.6 Å². The number of benzene rings is 2. The Morgan fingerprint density at radius 2 is 1.45 bits per heavy atom. The first-order valence-corrected chi connectivity index (χ1v) is 16.0. The number of piperazine rings is 2. The van der Waals surface area contributed by atoms with Gasteiger partial charge in [-0.05, 0) is 25.1 Å². The monoisotopic (exact) mass is 748 g/mol. The molecule has 2 aliphatic rings. The molecule has 2 fully saturated rings. The van der Waals surface area contributed by atoms with Gasteiger partial charge in [-0.2, -0.15) is 0 Å². The van der Waals surface area contributed by atoms with E-state index in [-0.39, 0.29) is 54.7 Å². The first-order valence-electron chi connectivity index (χ1n) is 16.0. The lowest BCUT2D eigenvalue weighted by atomic mass is 10.1. The van der Waals surface area contributed by atoms with Crippen LogP contribution in [0.4, 0.5) is 21.0 Å². The number of aromatic hydroxyl groups is 2. The van der Waals surface area contributed by atoms with Crippen molar-refractivity contribution in [2.24, 2.45) is 0 Å². The molecule has 2 aliphatic heterocycles. The van der Waals surface area contributed by atoms with Crippen LogP contribution >= 0.6 is 0 Å². The van der Waals surface area contributed by atoms with Crippen molar-refractivity contribution in [3.8, 4) is 11.5 Å². The Morgan fingerprint density at radius 3 is 1.98 bits per heavy atom. The largest absolute Gasteiger partial charge is 0.505 e. The lowest BCUT2D eigenvalue weighted by molar-refractivity contribution is -0.385. The van der Waals surface area contributed by atoms with Gasteiger partial charge in [-0.25, -0.2) is 19.2 Å². The van der Waals surface area contributed by atoms with E-state index in [4.69, 9.17) is 20.7 Å². The number of carbonyl (C=O) groups is 6. The van der Waals surface area contributed by atoms with Gasteiger partial charge in [-0.1, -0.05) is 12.1 Å². The van der Waals surface area contributed by atoms with Crippen molar-refractivity contribution in [1.29, 1.82) is 0 Å². The highest BCUT2D eigenvalue weighted by Gasteiger charge is 2.38. The highest BCUT2D eigenvalue weighted by molar-refractivity contribution is 6.00. The molecule has 21 heteroatoms. The number of carboxylic acids is 2. The smallest absolute Gasteiger partial charge is 0.339 e. The average molecular weight is 749 g/mol. The number of carboxylic acid groups (broad SMARTS) is 2. The number of carbonyl (C=O) groups excluding carboxylic acids is 4. The van der Waals surface area contributed by atoms with E-state index >= 15 is 0 Å². The molecule has 2 unspecified atom stereocenters. The molecule has 0 bridgehead atoms. The number of hydrogen-bond acceptors (Lipinski definition) is 13. The van der Waals surface area contributed by atoms with Gasteiger partial charge in [0.25, 0.3) is 5.91 Å². The van der Waals surface area contributed by atoms with E-state index in [0.29, 0.717) is 26.2 Å². The number of anilines is 1. The molecule has 4 rings (SSSR count). The second-order valence-electron chi connectivity index (χ2n) is 11.8. The van der Waals surface area contributed by atoms with Crippen molar-refractivity contribution >= 4 is 47.3 Å². The van der Waals surface area contributed by atoms with Crippen LogP contribution in [0.15, 0.2) is 36.4 Å². The Morgan fingerprint density at radius 1 is 0.887 bits per heavy atom. The van der Waals surface area contributed by atoms with E-state index in [1.54, 1.807) is 40.0 Å². The molecule has 53 heavy (non-hydrogen) atoms.